The molecular formula is C39H47ClN4O7S. The third-order valence-electron chi connectivity index (χ3n) is 11.4. The summed E-state index contributed by atoms with van der Waals surface area (Å²) in [5.41, 5.74) is 3.37. The molecule has 11 nitrogen and oxygen atoms in total. The molecule has 2 bridgehead atoms. The van der Waals surface area contributed by atoms with Crippen molar-refractivity contribution in [2.24, 2.45) is 29.2 Å². The predicted molar refractivity (Wildman–Crippen MR) is 200 cm³/mol. The fourth-order valence-corrected chi connectivity index (χ4v) is 11.0. The first kappa shape index (κ1) is 36.6. The summed E-state index contributed by atoms with van der Waals surface area (Å²) < 4.78 is 38.4. The highest BCUT2D eigenvalue weighted by molar-refractivity contribution is 7.94. The van der Waals surface area contributed by atoms with E-state index in [4.69, 9.17) is 25.8 Å². The Labute approximate surface area is 310 Å². The summed E-state index contributed by atoms with van der Waals surface area (Å²) in [4.78, 5) is 30.0. The molecule has 1 fully saturated rings. The van der Waals surface area contributed by atoms with Crippen LogP contribution in [-0.2, 0) is 33.3 Å². The van der Waals surface area contributed by atoms with E-state index in [1.165, 1.54) is 29.1 Å². The van der Waals surface area contributed by atoms with Crippen LogP contribution in [0.5, 0.6) is 11.6 Å². The minimum absolute atomic E-state index is 0.0956. The molecule has 1 N–H and O–H groups in total. The number of rotatable bonds is 5. The molecule has 0 radical (unpaired) electrons. The summed E-state index contributed by atoms with van der Waals surface area (Å²) >= 11 is 6.45. The van der Waals surface area contributed by atoms with Crippen LogP contribution in [0.25, 0.3) is 0 Å². The van der Waals surface area contributed by atoms with Crippen molar-refractivity contribution >= 4 is 38.7 Å². The van der Waals surface area contributed by atoms with Crippen LogP contribution in [0.3, 0.4) is 0 Å². The Morgan fingerprint density at radius 2 is 2.00 bits per heavy atom. The Hall–Kier alpha value is -3.71. The summed E-state index contributed by atoms with van der Waals surface area (Å²) in [6.45, 7) is 3.61. The Balaban J connectivity index is 1.32. The van der Waals surface area contributed by atoms with Gasteiger partial charge in [0.25, 0.3) is 5.91 Å². The van der Waals surface area contributed by atoms with Gasteiger partial charge in [0.1, 0.15) is 11.3 Å². The second-order valence-electron chi connectivity index (χ2n) is 15.0. The van der Waals surface area contributed by atoms with Crippen LogP contribution in [0, 0.1) is 17.8 Å². The third-order valence-corrected chi connectivity index (χ3v) is 13.9. The Morgan fingerprint density at radius 1 is 1.17 bits per heavy atom. The number of benzene rings is 2. The van der Waals surface area contributed by atoms with Crippen LogP contribution < -0.4 is 14.4 Å². The van der Waals surface area contributed by atoms with Gasteiger partial charge in [-0.3, -0.25) is 14.3 Å². The molecule has 278 valence electrons. The minimum atomic E-state index is -3.54. The summed E-state index contributed by atoms with van der Waals surface area (Å²) in [5.74, 6) is -1.25. The highest BCUT2D eigenvalue weighted by Crippen LogP contribution is 2.47. The number of aliphatic hydroxyl groups is 1. The molecule has 13 heteroatoms. The number of methoxy groups -OCH3 is 2. The van der Waals surface area contributed by atoms with Gasteiger partial charge in [-0.05, 0) is 91.3 Å². The van der Waals surface area contributed by atoms with Crippen LogP contribution in [-0.4, -0.2) is 88.4 Å². The normalized spacial score (nSPS) is 30.9. The number of carbonyl (C=O) groups is 2. The van der Waals surface area contributed by atoms with Crippen molar-refractivity contribution in [2.75, 3.05) is 50.3 Å². The summed E-state index contributed by atoms with van der Waals surface area (Å²) in [6.07, 6.45) is 8.75. The molecule has 2 aromatic carbocycles. The van der Waals surface area contributed by atoms with Crippen molar-refractivity contribution < 1.29 is 33.1 Å². The maximum atomic E-state index is 14.7. The monoisotopic (exact) mass is 750 g/mol. The van der Waals surface area contributed by atoms with E-state index in [1.807, 2.05) is 12.1 Å². The summed E-state index contributed by atoms with van der Waals surface area (Å²) in [7, 11) is 1.21. The molecule has 4 aliphatic rings. The predicted octanol–water partition coefficient (Wildman–Crippen LogP) is 5.65. The first-order chi connectivity index (χ1) is 24.9. The number of carbonyl (C=O) groups excluding carboxylic acids is 2. The molecule has 2 aliphatic heterocycles. The first-order valence-corrected chi connectivity index (χ1v) is 20.2. The van der Waals surface area contributed by atoms with Gasteiger partial charge in [-0.15, -0.1) is 5.10 Å². The smallest absolute Gasteiger partial charge is 0.285 e. The molecule has 3 heterocycles. The van der Waals surface area contributed by atoms with Crippen LogP contribution >= 0.6 is 11.6 Å². The second-order valence-corrected chi connectivity index (χ2v) is 17.8. The SMILES string of the molecule is COc1nn(C)cc1C(=O)C[S@@]1(=O)=NC(=O)c2ccc3c(c2)N(C[C@@H]2CC[C@H]2[C@@H](OC)/C=C/[C@H](O)[C@H](C)C1)C[C@@]1(CCCc2cc(Cl)ccc21)CO3. The molecule has 3 aromatic rings. The lowest BCUT2D eigenvalue weighted by atomic mass is 9.68. The number of aromatic nitrogens is 2. The third kappa shape index (κ3) is 7.14. The molecule has 1 aromatic heterocycles. The number of ketones is 1. The van der Waals surface area contributed by atoms with Gasteiger partial charge in [-0.1, -0.05) is 36.7 Å². The van der Waals surface area contributed by atoms with Gasteiger partial charge < -0.3 is 24.2 Å². The summed E-state index contributed by atoms with van der Waals surface area (Å²) in [5, 5.41) is 16.1. The van der Waals surface area contributed by atoms with E-state index in [9.17, 15) is 18.9 Å². The maximum absolute atomic E-state index is 14.7. The standard InChI is InChI=1S/C39H47ClN4O7S/c1-24-20-52(48,21-34(46)30-19-43(2)41-38(30)50-4)42-37(47)26-8-13-36-32(17-26)44(18-27-7-10-29(27)35(49-3)14-12-33(24)45)22-39(23-51-36)15-5-6-25-16-28(40)9-11-31(25)39/h8-9,11-14,16-17,19,24,27,29,33,35,45H,5-7,10,15,18,20-23H2,1-4H3/b14-12+/t24-,27+,29-,33+,35+,39+,52-/m1/s1. The molecule has 1 amide bonds. The van der Waals surface area contributed by atoms with Gasteiger partial charge in [0.05, 0.1) is 47.1 Å². The number of anilines is 1. The number of Topliss-reactive ketones (excluding diaryl/α,β-unsaturated/α-hetero) is 1. The van der Waals surface area contributed by atoms with Crippen molar-refractivity contribution in [1.29, 1.82) is 0 Å². The molecule has 0 saturated heterocycles. The van der Waals surface area contributed by atoms with Gasteiger partial charge in [-0.2, -0.15) is 4.36 Å². The van der Waals surface area contributed by atoms with E-state index < -0.39 is 39.2 Å². The zero-order chi connectivity index (χ0) is 36.8. The zero-order valence-corrected chi connectivity index (χ0v) is 31.7. The fraction of sp³-hybridized carbons (Fsp3) is 0.513. The lowest BCUT2D eigenvalue weighted by Crippen LogP contribution is -2.49. The maximum Gasteiger partial charge on any atom is 0.285 e. The number of ether oxygens (including phenoxy) is 3. The Kier molecular flexibility index (Phi) is 10.3. The molecule has 2 aliphatic carbocycles. The van der Waals surface area contributed by atoms with Gasteiger partial charge in [0.15, 0.2) is 5.78 Å². The van der Waals surface area contributed by atoms with E-state index in [2.05, 4.69) is 26.5 Å². The van der Waals surface area contributed by atoms with Gasteiger partial charge in [-0.25, -0.2) is 4.21 Å². The number of halogens is 1. The molecule has 0 unspecified atom stereocenters. The largest absolute Gasteiger partial charge is 0.490 e. The molecule has 1 spiro atoms. The van der Waals surface area contributed by atoms with Gasteiger partial charge in [0, 0.05) is 55.2 Å². The molecule has 52 heavy (non-hydrogen) atoms. The number of aliphatic hydroxyl groups excluding tert-OH is 1. The number of hydrogen-bond donors (Lipinski definition) is 1. The van der Waals surface area contributed by atoms with E-state index in [0.717, 1.165) is 42.8 Å². The van der Waals surface area contributed by atoms with E-state index in [0.29, 0.717) is 31.4 Å². The van der Waals surface area contributed by atoms with Crippen molar-refractivity contribution in [3.05, 3.63) is 82.0 Å². The number of aryl methyl sites for hydroxylation is 2. The number of nitrogens with zero attached hydrogens (tertiary/aromatic N) is 4. The average Bonchev–Trinajstić information content (AvgIpc) is 3.42. The fourth-order valence-electron chi connectivity index (χ4n) is 8.53. The van der Waals surface area contributed by atoms with Crippen LogP contribution in [0.4, 0.5) is 5.69 Å². The highest BCUT2D eigenvalue weighted by atomic mass is 35.5. The highest BCUT2D eigenvalue weighted by Gasteiger charge is 2.44. The van der Waals surface area contributed by atoms with Crippen LogP contribution in [0.1, 0.15) is 64.4 Å². The van der Waals surface area contributed by atoms with Crippen molar-refractivity contribution in [2.45, 2.75) is 56.7 Å². The lowest BCUT2D eigenvalue weighted by Gasteiger charge is -2.46. The van der Waals surface area contributed by atoms with E-state index in [-0.39, 0.29) is 40.2 Å². The van der Waals surface area contributed by atoms with Crippen molar-refractivity contribution in [3.8, 4) is 11.6 Å². The Morgan fingerprint density at radius 3 is 2.75 bits per heavy atom. The van der Waals surface area contributed by atoms with Gasteiger partial charge in [0.2, 0.25) is 5.88 Å². The van der Waals surface area contributed by atoms with Crippen molar-refractivity contribution in [1.82, 2.24) is 9.78 Å². The number of fused-ring (bicyclic) bond motifs is 4. The van der Waals surface area contributed by atoms with Crippen LogP contribution in [0.15, 0.2) is 59.1 Å². The first-order valence-electron chi connectivity index (χ1n) is 18.0. The quantitative estimate of drug-likeness (QED) is 0.260. The van der Waals surface area contributed by atoms with E-state index in [1.54, 1.807) is 45.4 Å². The Bertz CT molecular complexity index is 2020. The van der Waals surface area contributed by atoms with Crippen molar-refractivity contribution in [3.63, 3.8) is 0 Å². The molecule has 7 rings (SSSR count). The van der Waals surface area contributed by atoms with Crippen LogP contribution in [0.2, 0.25) is 5.02 Å². The second kappa shape index (κ2) is 14.6. The molecule has 7 atom stereocenters. The summed E-state index contributed by atoms with van der Waals surface area (Å²) in [6, 6.07) is 11.4. The number of hydrogen-bond acceptors (Lipinski definition) is 9. The molecular weight excluding hydrogens is 704 g/mol. The van der Waals surface area contributed by atoms with Gasteiger partial charge >= 0.3 is 0 Å². The lowest BCUT2D eigenvalue weighted by molar-refractivity contribution is 0.0124. The van der Waals surface area contributed by atoms with E-state index >= 15 is 0 Å². The topological polar surface area (TPSA) is 133 Å². The molecule has 1 saturated carbocycles. The number of amides is 1. The minimum Gasteiger partial charge on any atom is -0.490 e. The average molecular weight is 751 g/mol. The zero-order valence-electron chi connectivity index (χ0n) is 30.1.